The SMILES string of the molecule is C/C=C1/CC(C)C(C(=O)O)C1. The maximum absolute atomic E-state index is 10.6. The molecule has 0 aromatic carbocycles. The number of rotatable bonds is 1. The highest BCUT2D eigenvalue weighted by Crippen LogP contribution is 2.35. The molecule has 1 rings (SSSR count). The topological polar surface area (TPSA) is 37.3 Å². The summed E-state index contributed by atoms with van der Waals surface area (Å²) < 4.78 is 0. The lowest BCUT2D eigenvalue weighted by atomic mass is 9.99. The molecule has 62 valence electrons. The van der Waals surface area contributed by atoms with Gasteiger partial charge in [-0.25, -0.2) is 0 Å². The van der Waals surface area contributed by atoms with Crippen molar-refractivity contribution in [3.8, 4) is 0 Å². The van der Waals surface area contributed by atoms with E-state index in [1.165, 1.54) is 5.57 Å². The van der Waals surface area contributed by atoms with Crippen molar-refractivity contribution in [2.24, 2.45) is 11.8 Å². The van der Waals surface area contributed by atoms with Crippen LogP contribution in [0.15, 0.2) is 11.6 Å². The Labute approximate surface area is 66.9 Å². The van der Waals surface area contributed by atoms with E-state index < -0.39 is 5.97 Å². The molecule has 0 aromatic heterocycles. The third kappa shape index (κ3) is 1.62. The lowest BCUT2D eigenvalue weighted by Gasteiger charge is -2.06. The summed E-state index contributed by atoms with van der Waals surface area (Å²) in [6, 6.07) is 0. The highest BCUT2D eigenvalue weighted by atomic mass is 16.4. The molecule has 1 aliphatic carbocycles. The van der Waals surface area contributed by atoms with Gasteiger partial charge in [0.15, 0.2) is 0 Å². The molecule has 0 bridgehead atoms. The van der Waals surface area contributed by atoms with Crippen LogP contribution in [0.3, 0.4) is 0 Å². The lowest BCUT2D eigenvalue weighted by Crippen LogP contribution is -2.15. The first-order chi connectivity index (χ1) is 5.15. The Balaban J connectivity index is 2.66. The normalized spacial score (nSPS) is 34.5. The van der Waals surface area contributed by atoms with Gasteiger partial charge in [-0.2, -0.15) is 0 Å². The van der Waals surface area contributed by atoms with Gasteiger partial charge < -0.3 is 5.11 Å². The average molecular weight is 154 g/mol. The van der Waals surface area contributed by atoms with Crippen LogP contribution < -0.4 is 0 Å². The van der Waals surface area contributed by atoms with Crippen molar-refractivity contribution in [1.82, 2.24) is 0 Å². The predicted molar refractivity (Wildman–Crippen MR) is 43.3 cm³/mol. The van der Waals surface area contributed by atoms with Gasteiger partial charge in [0.05, 0.1) is 5.92 Å². The number of hydrogen-bond donors (Lipinski definition) is 1. The van der Waals surface area contributed by atoms with Gasteiger partial charge in [-0.3, -0.25) is 4.79 Å². The highest BCUT2D eigenvalue weighted by Gasteiger charge is 2.31. The van der Waals surface area contributed by atoms with E-state index >= 15 is 0 Å². The van der Waals surface area contributed by atoms with Crippen LogP contribution in [0.2, 0.25) is 0 Å². The van der Waals surface area contributed by atoms with Gasteiger partial charge in [0.2, 0.25) is 0 Å². The molecule has 1 saturated carbocycles. The summed E-state index contributed by atoms with van der Waals surface area (Å²) in [5.74, 6) is -0.464. The van der Waals surface area contributed by atoms with Crippen molar-refractivity contribution in [3.05, 3.63) is 11.6 Å². The Bertz CT molecular complexity index is 194. The summed E-state index contributed by atoms with van der Waals surface area (Å²) >= 11 is 0. The van der Waals surface area contributed by atoms with Crippen LogP contribution in [-0.2, 0) is 4.79 Å². The molecule has 1 fully saturated rings. The Kier molecular flexibility index (Phi) is 2.32. The molecular weight excluding hydrogens is 140 g/mol. The largest absolute Gasteiger partial charge is 0.481 e. The summed E-state index contributed by atoms with van der Waals surface area (Å²) in [5, 5.41) is 8.77. The molecule has 2 heteroatoms. The minimum Gasteiger partial charge on any atom is -0.481 e. The molecule has 1 aliphatic rings. The van der Waals surface area contributed by atoms with Crippen molar-refractivity contribution < 1.29 is 9.90 Å². The molecule has 2 atom stereocenters. The molecular formula is C9H14O2. The first-order valence-corrected chi connectivity index (χ1v) is 4.02. The van der Waals surface area contributed by atoms with E-state index in [1.807, 2.05) is 19.9 Å². The fraction of sp³-hybridized carbons (Fsp3) is 0.667. The summed E-state index contributed by atoms with van der Waals surface area (Å²) in [4.78, 5) is 10.6. The van der Waals surface area contributed by atoms with Crippen LogP contribution in [0.5, 0.6) is 0 Å². The molecule has 11 heavy (non-hydrogen) atoms. The van der Waals surface area contributed by atoms with Crippen LogP contribution in [-0.4, -0.2) is 11.1 Å². The molecule has 0 aromatic rings. The van der Waals surface area contributed by atoms with Gasteiger partial charge in [-0.15, -0.1) is 0 Å². The van der Waals surface area contributed by atoms with Crippen LogP contribution >= 0.6 is 0 Å². The smallest absolute Gasteiger partial charge is 0.307 e. The van der Waals surface area contributed by atoms with Crippen LogP contribution in [0, 0.1) is 11.8 Å². The molecule has 0 amide bonds. The number of carboxylic acids is 1. The molecule has 0 aliphatic heterocycles. The molecule has 0 radical (unpaired) electrons. The quantitative estimate of drug-likeness (QED) is 0.587. The monoisotopic (exact) mass is 154 g/mol. The maximum Gasteiger partial charge on any atom is 0.307 e. The zero-order chi connectivity index (χ0) is 8.43. The number of carbonyl (C=O) groups is 1. The van der Waals surface area contributed by atoms with Crippen LogP contribution in [0.25, 0.3) is 0 Å². The van der Waals surface area contributed by atoms with E-state index in [9.17, 15) is 4.79 Å². The Morgan fingerprint density at radius 2 is 2.27 bits per heavy atom. The first kappa shape index (κ1) is 8.31. The fourth-order valence-electron chi connectivity index (χ4n) is 1.69. The zero-order valence-corrected chi connectivity index (χ0v) is 7.00. The van der Waals surface area contributed by atoms with Crippen LogP contribution in [0.1, 0.15) is 26.7 Å². The van der Waals surface area contributed by atoms with E-state index in [-0.39, 0.29) is 5.92 Å². The van der Waals surface area contributed by atoms with E-state index in [0.717, 1.165) is 12.8 Å². The summed E-state index contributed by atoms with van der Waals surface area (Å²) in [7, 11) is 0. The molecule has 0 saturated heterocycles. The lowest BCUT2D eigenvalue weighted by molar-refractivity contribution is -0.142. The summed E-state index contributed by atoms with van der Waals surface area (Å²) in [6.07, 6.45) is 3.76. The van der Waals surface area contributed by atoms with E-state index in [2.05, 4.69) is 0 Å². The summed E-state index contributed by atoms with van der Waals surface area (Å²) in [6.45, 7) is 3.99. The van der Waals surface area contributed by atoms with Crippen molar-refractivity contribution in [2.45, 2.75) is 26.7 Å². The first-order valence-electron chi connectivity index (χ1n) is 4.02. The standard InChI is InChI=1S/C9H14O2/c1-3-7-4-6(2)8(5-7)9(10)11/h3,6,8H,4-5H2,1-2H3,(H,10,11)/b7-3-. The molecule has 2 unspecified atom stereocenters. The number of allylic oxidation sites excluding steroid dienone is 2. The minimum atomic E-state index is -0.644. The van der Waals surface area contributed by atoms with Crippen LogP contribution in [0.4, 0.5) is 0 Å². The van der Waals surface area contributed by atoms with Crippen molar-refractivity contribution >= 4 is 5.97 Å². The number of carboxylic acid groups (broad SMARTS) is 1. The number of hydrogen-bond acceptors (Lipinski definition) is 1. The van der Waals surface area contributed by atoms with Gasteiger partial charge >= 0.3 is 5.97 Å². The van der Waals surface area contributed by atoms with Crippen molar-refractivity contribution in [3.63, 3.8) is 0 Å². The van der Waals surface area contributed by atoms with E-state index in [1.54, 1.807) is 0 Å². The van der Waals surface area contributed by atoms with Crippen molar-refractivity contribution in [1.29, 1.82) is 0 Å². The highest BCUT2D eigenvalue weighted by molar-refractivity contribution is 5.71. The van der Waals surface area contributed by atoms with E-state index in [0.29, 0.717) is 5.92 Å². The van der Waals surface area contributed by atoms with Gasteiger partial charge in [-0.05, 0) is 25.7 Å². The maximum atomic E-state index is 10.6. The van der Waals surface area contributed by atoms with Gasteiger partial charge in [-0.1, -0.05) is 18.6 Å². The molecule has 0 heterocycles. The van der Waals surface area contributed by atoms with E-state index in [4.69, 9.17) is 5.11 Å². The second-order valence-electron chi connectivity index (χ2n) is 3.28. The summed E-state index contributed by atoms with van der Waals surface area (Å²) in [5.41, 5.74) is 1.30. The Morgan fingerprint density at radius 1 is 1.64 bits per heavy atom. The molecule has 2 nitrogen and oxygen atoms in total. The second kappa shape index (κ2) is 3.07. The predicted octanol–water partition coefficient (Wildman–Crippen LogP) is 2.06. The molecule has 0 spiro atoms. The Morgan fingerprint density at radius 3 is 2.55 bits per heavy atom. The zero-order valence-electron chi connectivity index (χ0n) is 7.00. The fourth-order valence-corrected chi connectivity index (χ4v) is 1.69. The number of aliphatic carboxylic acids is 1. The third-order valence-electron chi connectivity index (χ3n) is 2.48. The Hall–Kier alpha value is -0.790. The van der Waals surface area contributed by atoms with Gasteiger partial charge in [0, 0.05) is 0 Å². The van der Waals surface area contributed by atoms with Gasteiger partial charge in [0.25, 0.3) is 0 Å². The average Bonchev–Trinajstić information content (AvgIpc) is 2.30. The minimum absolute atomic E-state index is 0.138. The van der Waals surface area contributed by atoms with Crippen molar-refractivity contribution in [2.75, 3.05) is 0 Å². The van der Waals surface area contributed by atoms with Gasteiger partial charge in [0.1, 0.15) is 0 Å². The third-order valence-corrected chi connectivity index (χ3v) is 2.48. The second-order valence-corrected chi connectivity index (χ2v) is 3.28. The molecule has 1 N–H and O–H groups in total.